The number of likely N-dealkylation sites (tertiary alicyclic amines) is 2. The number of fused-ring (bicyclic) bond motifs is 1. The van der Waals surface area contributed by atoms with Crippen molar-refractivity contribution in [2.45, 2.75) is 63.1 Å². The van der Waals surface area contributed by atoms with E-state index in [-0.39, 0.29) is 30.1 Å². The summed E-state index contributed by atoms with van der Waals surface area (Å²) < 4.78 is 0. The van der Waals surface area contributed by atoms with Gasteiger partial charge >= 0.3 is 0 Å². The van der Waals surface area contributed by atoms with Crippen molar-refractivity contribution in [3.8, 4) is 6.07 Å². The molecule has 6 fully saturated rings. The molecule has 1 unspecified atom stereocenters. The van der Waals surface area contributed by atoms with Gasteiger partial charge in [0.15, 0.2) is 0 Å². The fourth-order valence-electron chi connectivity index (χ4n) is 11.0. The van der Waals surface area contributed by atoms with Crippen LogP contribution < -0.4 is 20.0 Å². The average Bonchev–Trinajstić information content (AvgIpc) is 3.80. The van der Waals surface area contributed by atoms with Crippen molar-refractivity contribution in [1.82, 2.24) is 24.9 Å². The van der Waals surface area contributed by atoms with E-state index in [4.69, 9.17) is 11.6 Å². The van der Waals surface area contributed by atoms with Gasteiger partial charge in [0.1, 0.15) is 12.1 Å². The first-order valence-electron chi connectivity index (χ1n) is 22.2. The second-order valence-corrected chi connectivity index (χ2v) is 18.7. The molecule has 5 amide bonds. The predicted octanol–water partition coefficient (Wildman–Crippen LogP) is 4.22. The summed E-state index contributed by atoms with van der Waals surface area (Å²) in [6.45, 7) is 11.3. The maximum Gasteiger partial charge on any atom is 0.262 e. The number of imide groups is 2. The van der Waals surface area contributed by atoms with Crippen LogP contribution in [0.5, 0.6) is 0 Å². The number of hydrogen-bond donors (Lipinski definition) is 1. The standard InChI is InChI=1S/C47H52ClN9O5/c48-40-26-36(6-3-32(40)27-49)55-20-15-47(30-55)13-18-54(19-14-47)44(60)31-1-4-33(5-2-31)52-21-23-53(24-22-52)37-28-56(29-37)34-11-16-51(17-12-34)35-7-8-38-39(25-35)46(62)57(45(38)61)41-9-10-42(58)50-43(41)59/h1-8,25-26,34,37,41H,9-24,28-30H2,(H,50,58,59). The molecule has 3 aromatic carbocycles. The molecular weight excluding hydrogens is 806 g/mol. The predicted molar refractivity (Wildman–Crippen MR) is 235 cm³/mol. The summed E-state index contributed by atoms with van der Waals surface area (Å²) in [5, 5.41) is 12.0. The molecule has 14 nitrogen and oxygen atoms in total. The van der Waals surface area contributed by atoms with Crippen LogP contribution in [0.4, 0.5) is 17.1 Å². The molecule has 7 aliphatic rings. The van der Waals surface area contributed by atoms with Crippen LogP contribution in [0.15, 0.2) is 60.7 Å². The molecular formula is C47H52ClN9O5. The summed E-state index contributed by atoms with van der Waals surface area (Å²) in [6.07, 6.45) is 5.37. The molecule has 0 aromatic heterocycles. The molecule has 1 spiro atoms. The molecule has 3 aromatic rings. The lowest BCUT2D eigenvalue weighted by Crippen LogP contribution is -2.66. The number of rotatable bonds is 7. The Bertz CT molecular complexity index is 2340. The molecule has 62 heavy (non-hydrogen) atoms. The summed E-state index contributed by atoms with van der Waals surface area (Å²) in [4.78, 5) is 79.6. The lowest BCUT2D eigenvalue weighted by Gasteiger charge is -2.52. The van der Waals surface area contributed by atoms with Gasteiger partial charge in [-0.3, -0.25) is 44.0 Å². The van der Waals surface area contributed by atoms with Crippen LogP contribution in [0.3, 0.4) is 0 Å². The van der Waals surface area contributed by atoms with E-state index >= 15 is 0 Å². The normalized spacial score (nSPS) is 23.8. The van der Waals surface area contributed by atoms with Gasteiger partial charge in [0.2, 0.25) is 11.8 Å². The SMILES string of the molecule is N#Cc1ccc(N2CCC3(CCN(C(=O)c4ccc(N5CCN(C6CN(C7CCN(c8ccc9c(c8)C(=O)N(C8CCC(=O)NC8=O)C9=O)CC7)C6)CC5)cc4)CC3)C2)cc1Cl. The molecule has 322 valence electrons. The number of nitrogens with one attached hydrogen (secondary N) is 1. The van der Waals surface area contributed by atoms with Crippen LogP contribution >= 0.6 is 11.6 Å². The Morgan fingerprint density at radius 1 is 0.677 bits per heavy atom. The molecule has 7 aliphatic heterocycles. The van der Waals surface area contributed by atoms with Gasteiger partial charge in [-0.2, -0.15) is 5.26 Å². The molecule has 0 aliphatic carbocycles. The van der Waals surface area contributed by atoms with Crippen LogP contribution in [0.1, 0.15) is 81.6 Å². The minimum absolute atomic E-state index is 0.0998. The van der Waals surface area contributed by atoms with Gasteiger partial charge in [0, 0.05) is 120 Å². The van der Waals surface area contributed by atoms with Gasteiger partial charge in [-0.25, -0.2) is 0 Å². The fourth-order valence-corrected chi connectivity index (χ4v) is 11.3. The molecule has 0 saturated carbocycles. The van der Waals surface area contributed by atoms with Crippen molar-refractivity contribution in [1.29, 1.82) is 5.26 Å². The first-order chi connectivity index (χ1) is 30.1. The zero-order chi connectivity index (χ0) is 42.7. The number of piperidine rings is 3. The number of benzene rings is 3. The number of nitriles is 1. The second-order valence-electron chi connectivity index (χ2n) is 18.3. The van der Waals surface area contributed by atoms with E-state index < -0.39 is 23.8 Å². The summed E-state index contributed by atoms with van der Waals surface area (Å²) in [5.74, 6) is -1.82. The molecule has 7 heterocycles. The van der Waals surface area contributed by atoms with Crippen LogP contribution in [0.2, 0.25) is 5.02 Å². The Hall–Kier alpha value is -5.49. The molecule has 0 radical (unpaired) electrons. The van der Waals surface area contributed by atoms with Crippen molar-refractivity contribution in [2.75, 3.05) is 93.2 Å². The third-order valence-electron chi connectivity index (χ3n) is 15.0. The van der Waals surface area contributed by atoms with E-state index in [9.17, 15) is 29.2 Å². The Morgan fingerprint density at radius 3 is 2.02 bits per heavy atom. The summed E-state index contributed by atoms with van der Waals surface area (Å²) in [5.41, 5.74) is 5.23. The molecule has 1 atom stereocenters. The molecule has 15 heteroatoms. The second kappa shape index (κ2) is 16.3. The van der Waals surface area contributed by atoms with Crippen LogP contribution in [-0.2, 0) is 9.59 Å². The Balaban J connectivity index is 0.650. The number of nitrogens with zero attached hydrogens (tertiary/aromatic N) is 8. The van der Waals surface area contributed by atoms with E-state index in [1.54, 1.807) is 18.2 Å². The topological polar surface area (TPSA) is 144 Å². The lowest BCUT2D eigenvalue weighted by atomic mass is 9.77. The van der Waals surface area contributed by atoms with Crippen molar-refractivity contribution >= 4 is 58.2 Å². The Morgan fingerprint density at radius 2 is 1.32 bits per heavy atom. The minimum Gasteiger partial charge on any atom is -0.371 e. The van der Waals surface area contributed by atoms with Gasteiger partial charge in [0.25, 0.3) is 17.7 Å². The average molecular weight is 858 g/mol. The Labute approximate surface area is 366 Å². The summed E-state index contributed by atoms with van der Waals surface area (Å²) in [7, 11) is 0. The van der Waals surface area contributed by atoms with Crippen LogP contribution in [-0.4, -0.2) is 146 Å². The highest BCUT2D eigenvalue weighted by Gasteiger charge is 2.46. The maximum absolute atomic E-state index is 13.6. The monoisotopic (exact) mass is 857 g/mol. The lowest BCUT2D eigenvalue weighted by molar-refractivity contribution is -0.136. The van der Waals surface area contributed by atoms with E-state index in [2.05, 4.69) is 48.0 Å². The highest BCUT2D eigenvalue weighted by Crippen LogP contribution is 2.43. The van der Waals surface area contributed by atoms with Crippen molar-refractivity contribution in [3.63, 3.8) is 0 Å². The van der Waals surface area contributed by atoms with Crippen molar-refractivity contribution in [2.24, 2.45) is 5.41 Å². The highest BCUT2D eigenvalue weighted by atomic mass is 35.5. The van der Waals surface area contributed by atoms with Gasteiger partial charge in [-0.15, -0.1) is 0 Å². The number of amides is 5. The summed E-state index contributed by atoms with van der Waals surface area (Å²) in [6, 6.07) is 21.6. The third kappa shape index (κ3) is 7.47. The van der Waals surface area contributed by atoms with Crippen LogP contribution in [0.25, 0.3) is 0 Å². The smallest absolute Gasteiger partial charge is 0.262 e. The molecule has 10 rings (SSSR count). The fraction of sp³-hybridized carbons (Fsp3) is 0.489. The van der Waals surface area contributed by atoms with Gasteiger partial charge in [0.05, 0.1) is 21.7 Å². The number of piperazine rings is 1. The number of carbonyl (C=O) groups is 5. The first-order valence-corrected chi connectivity index (χ1v) is 22.6. The molecule has 1 N–H and O–H groups in total. The quantitative estimate of drug-likeness (QED) is 0.342. The molecule has 0 bridgehead atoms. The van der Waals surface area contributed by atoms with E-state index in [1.807, 2.05) is 35.2 Å². The van der Waals surface area contributed by atoms with E-state index in [0.29, 0.717) is 33.8 Å². The number of carbonyl (C=O) groups excluding carboxylic acids is 5. The number of hydrogen-bond acceptors (Lipinski definition) is 11. The zero-order valence-electron chi connectivity index (χ0n) is 34.9. The van der Waals surface area contributed by atoms with E-state index in [1.165, 1.54) is 5.69 Å². The van der Waals surface area contributed by atoms with E-state index in [0.717, 1.165) is 132 Å². The van der Waals surface area contributed by atoms with Gasteiger partial charge < -0.3 is 19.6 Å². The van der Waals surface area contributed by atoms with Gasteiger partial charge in [-0.05, 0) is 105 Å². The maximum atomic E-state index is 13.6. The number of anilines is 3. The Kier molecular flexibility index (Phi) is 10.7. The molecule has 6 saturated heterocycles. The largest absolute Gasteiger partial charge is 0.371 e. The zero-order valence-corrected chi connectivity index (χ0v) is 35.7. The first kappa shape index (κ1) is 40.6. The minimum atomic E-state index is -0.963. The number of halogens is 1. The highest BCUT2D eigenvalue weighted by molar-refractivity contribution is 6.32. The van der Waals surface area contributed by atoms with Gasteiger partial charge in [-0.1, -0.05) is 11.6 Å². The van der Waals surface area contributed by atoms with Crippen LogP contribution in [0, 0.1) is 16.7 Å². The van der Waals surface area contributed by atoms with Crippen molar-refractivity contribution < 1.29 is 24.0 Å². The van der Waals surface area contributed by atoms with Crippen molar-refractivity contribution in [3.05, 3.63) is 87.9 Å². The summed E-state index contributed by atoms with van der Waals surface area (Å²) >= 11 is 6.33. The third-order valence-corrected chi connectivity index (χ3v) is 15.3.